The van der Waals surface area contributed by atoms with Crippen molar-refractivity contribution in [2.24, 2.45) is 0 Å². The largest absolute Gasteiger partial charge is 0.313 e. The maximum absolute atomic E-state index is 10.6. The number of carbonyl (C=O) groups excluding carboxylic acids is 1. The lowest BCUT2D eigenvalue weighted by molar-refractivity contribution is 0.112. The zero-order chi connectivity index (χ0) is 8.81. The van der Waals surface area contributed by atoms with E-state index in [9.17, 15) is 4.79 Å². The van der Waals surface area contributed by atoms with Gasteiger partial charge in [-0.15, -0.1) is 0 Å². The van der Waals surface area contributed by atoms with Crippen LogP contribution in [0.2, 0.25) is 0 Å². The molecule has 1 aromatic rings. The van der Waals surface area contributed by atoms with E-state index in [1.165, 1.54) is 0 Å². The van der Waals surface area contributed by atoms with Gasteiger partial charge in [0.05, 0.1) is 0 Å². The molecule has 0 heterocycles. The molecule has 0 fully saturated rings. The van der Waals surface area contributed by atoms with Crippen LogP contribution in [0.15, 0.2) is 24.3 Å². The second-order valence-corrected chi connectivity index (χ2v) is 2.60. The summed E-state index contributed by atoms with van der Waals surface area (Å²) < 4.78 is 0. The van der Waals surface area contributed by atoms with Crippen LogP contribution in [0.25, 0.3) is 0 Å². The van der Waals surface area contributed by atoms with Gasteiger partial charge in [-0.2, -0.15) is 0 Å². The predicted molar refractivity (Wildman–Crippen MR) is 49.2 cm³/mol. The maximum atomic E-state index is 10.6. The zero-order valence-corrected chi connectivity index (χ0v) is 7.21. The van der Waals surface area contributed by atoms with Crippen molar-refractivity contribution in [3.05, 3.63) is 35.4 Å². The van der Waals surface area contributed by atoms with E-state index in [2.05, 4.69) is 5.32 Å². The second kappa shape index (κ2) is 4.67. The molecule has 0 bridgehead atoms. The fraction of sp³-hybridized carbons (Fsp3) is 0.300. The first-order valence-electron chi connectivity index (χ1n) is 4.12. The van der Waals surface area contributed by atoms with E-state index >= 15 is 0 Å². The first-order valence-corrected chi connectivity index (χ1v) is 4.12. The van der Waals surface area contributed by atoms with Crippen molar-refractivity contribution in [3.8, 4) is 0 Å². The van der Waals surface area contributed by atoms with Gasteiger partial charge < -0.3 is 5.32 Å². The fourth-order valence-corrected chi connectivity index (χ4v) is 1.07. The molecule has 0 unspecified atom stereocenters. The molecule has 0 aliphatic rings. The van der Waals surface area contributed by atoms with E-state index in [0.717, 1.165) is 30.5 Å². The Balaban J connectivity index is 2.75. The molecule has 12 heavy (non-hydrogen) atoms. The Hall–Kier alpha value is -1.15. The Kier molecular flexibility index (Phi) is 3.48. The minimum Gasteiger partial charge on any atom is -0.313 e. The predicted octanol–water partition coefficient (Wildman–Crippen LogP) is 1.61. The maximum Gasteiger partial charge on any atom is 0.150 e. The Morgan fingerprint density at radius 2 is 2.17 bits per heavy atom. The monoisotopic (exact) mass is 163 g/mol. The summed E-state index contributed by atoms with van der Waals surface area (Å²) in [5, 5.41) is 3.18. The molecule has 0 atom stereocenters. The molecule has 0 saturated carbocycles. The quantitative estimate of drug-likeness (QED) is 0.683. The van der Waals surface area contributed by atoms with Crippen LogP contribution in [0.3, 0.4) is 0 Å². The van der Waals surface area contributed by atoms with E-state index in [4.69, 9.17) is 0 Å². The SMILES string of the molecule is CCNCc1ccccc1C=O. The van der Waals surface area contributed by atoms with E-state index in [1.54, 1.807) is 0 Å². The molecule has 0 radical (unpaired) electrons. The van der Waals surface area contributed by atoms with Crippen LogP contribution in [0, 0.1) is 0 Å². The first kappa shape index (κ1) is 8.94. The van der Waals surface area contributed by atoms with Gasteiger partial charge in [0.25, 0.3) is 0 Å². The van der Waals surface area contributed by atoms with Gasteiger partial charge in [-0.1, -0.05) is 31.2 Å². The number of carbonyl (C=O) groups is 1. The third-order valence-corrected chi connectivity index (χ3v) is 1.75. The molecule has 1 rings (SSSR count). The molecule has 1 aromatic carbocycles. The average molecular weight is 163 g/mol. The van der Waals surface area contributed by atoms with E-state index in [1.807, 2.05) is 31.2 Å². The molecule has 1 N–H and O–H groups in total. The molecule has 0 saturated heterocycles. The summed E-state index contributed by atoms with van der Waals surface area (Å²) in [5.74, 6) is 0. The first-order chi connectivity index (χ1) is 5.88. The van der Waals surface area contributed by atoms with Gasteiger partial charge in [-0.3, -0.25) is 4.79 Å². The Morgan fingerprint density at radius 1 is 1.42 bits per heavy atom. The van der Waals surface area contributed by atoms with Gasteiger partial charge in [0.2, 0.25) is 0 Å². The summed E-state index contributed by atoms with van der Waals surface area (Å²) >= 11 is 0. The minimum absolute atomic E-state index is 0.769. The van der Waals surface area contributed by atoms with Gasteiger partial charge >= 0.3 is 0 Å². The minimum atomic E-state index is 0.769. The zero-order valence-electron chi connectivity index (χ0n) is 7.21. The van der Waals surface area contributed by atoms with Gasteiger partial charge in [-0.25, -0.2) is 0 Å². The molecule has 0 aliphatic carbocycles. The van der Waals surface area contributed by atoms with Crippen molar-refractivity contribution in [1.29, 1.82) is 0 Å². The van der Waals surface area contributed by atoms with Crippen molar-refractivity contribution in [2.75, 3.05) is 6.54 Å². The fourth-order valence-electron chi connectivity index (χ4n) is 1.07. The molecule has 0 aliphatic heterocycles. The summed E-state index contributed by atoms with van der Waals surface area (Å²) in [6.45, 7) is 3.74. The highest BCUT2D eigenvalue weighted by molar-refractivity contribution is 5.77. The molecule has 0 spiro atoms. The molecule has 0 amide bonds. The van der Waals surface area contributed by atoms with Gasteiger partial charge in [0, 0.05) is 12.1 Å². The van der Waals surface area contributed by atoms with E-state index < -0.39 is 0 Å². The lowest BCUT2D eigenvalue weighted by Gasteiger charge is -2.03. The molecule has 0 aromatic heterocycles. The van der Waals surface area contributed by atoms with Crippen LogP contribution < -0.4 is 5.32 Å². The van der Waals surface area contributed by atoms with Crippen LogP contribution >= 0.6 is 0 Å². The second-order valence-electron chi connectivity index (χ2n) is 2.60. The Labute approximate surface area is 72.6 Å². The lowest BCUT2D eigenvalue weighted by Crippen LogP contribution is -2.12. The van der Waals surface area contributed by atoms with Crippen molar-refractivity contribution in [1.82, 2.24) is 5.32 Å². The number of nitrogens with one attached hydrogen (secondary N) is 1. The highest BCUT2D eigenvalue weighted by Crippen LogP contribution is 2.04. The molecular weight excluding hydrogens is 150 g/mol. The average Bonchev–Trinajstić information content (AvgIpc) is 2.15. The van der Waals surface area contributed by atoms with Crippen molar-refractivity contribution >= 4 is 6.29 Å². The van der Waals surface area contributed by atoms with Crippen LogP contribution in [-0.2, 0) is 6.54 Å². The smallest absolute Gasteiger partial charge is 0.150 e. The summed E-state index contributed by atoms with van der Waals surface area (Å²) in [6.07, 6.45) is 0.896. The van der Waals surface area contributed by atoms with Crippen LogP contribution in [0.4, 0.5) is 0 Å². The number of hydrogen-bond acceptors (Lipinski definition) is 2. The van der Waals surface area contributed by atoms with Gasteiger partial charge in [0.1, 0.15) is 6.29 Å². The third kappa shape index (κ3) is 2.17. The van der Waals surface area contributed by atoms with Crippen LogP contribution in [0.5, 0.6) is 0 Å². The molecule has 2 heteroatoms. The summed E-state index contributed by atoms with van der Waals surface area (Å²) in [4.78, 5) is 10.6. The van der Waals surface area contributed by atoms with Gasteiger partial charge in [-0.05, 0) is 12.1 Å². The van der Waals surface area contributed by atoms with Crippen molar-refractivity contribution in [3.63, 3.8) is 0 Å². The third-order valence-electron chi connectivity index (χ3n) is 1.75. The number of aldehydes is 1. The molecule has 64 valence electrons. The number of rotatable bonds is 4. The highest BCUT2D eigenvalue weighted by atomic mass is 16.1. The number of hydrogen-bond donors (Lipinski definition) is 1. The number of benzene rings is 1. The Morgan fingerprint density at radius 3 is 2.83 bits per heavy atom. The summed E-state index contributed by atoms with van der Waals surface area (Å²) in [5.41, 5.74) is 1.84. The molecular formula is C10H13NO. The van der Waals surface area contributed by atoms with Crippen molar-refractivity contribution < 1.29 is 4.79 Å². The standard InChI is InChI=1S/C10H13NO/c1-2-11-7-9-5-3-4-6-10(9)8-12/h3-6,8,11H,2,7H2,1H3. The van der Waals surface area contributed by atoms with Crippen LogP contribution in [-0.4, -0.2) is 12.8 Å². The van der Waals surface area contributed by atoms with E-state index in [0.29, 0.717) is 0 Å². The highest BCUT2D eigenvalue weighted by Gasteiger charge is 1.97. The topological polar surface area (TPSA) is 29.1 Å². The summed E-state index contributed by atoms with van der Waals surface area (Å²) in [6, 6.07) is 7.62. The summed E-state index contributed by atoms with van der Waals surface area (Å²) in [7, 11) is 0. The van der Waals surface area contributed by atoms with Crippen LogP contribution in [0.1, 0.15) is 22.8 Å². The van der Waals surface area contributed by atoms with Gasteiger partial charge in [0.15, 0.2) is 0 Å². The Bertz CT molecular complexity index is 258. The lowest BCUT2D eigenvalue weighted by atomic mass is 10.1. The molecule has 2 nitrogen and oxygen atoms in total. The van der Waals surface area contributed by atoms with E-state index in [-0.39, 0.29) is 0 Å². The van der Waals surface area contributed by atoms with Crippen molar-refractivity contribution in [2.45, 2.75) is 13.5 Å². The normalized spacial score (nSPS) is 9.75.